The summed E-state index contributed by atoms with van der Waals surface area (Å²) in [5, 5.41) is 13.8. The van der Waals surface area contributed by atoms with Crippen LogP contribution in [0.1, 0.15) is 18.7 Å². The lowest BCUT2D eigenvalue weighted by Gasteiger charge is -2.11. The molecule has 0 saturated heterocycles. The van der Waals surface area contributed by atoms with E-state index < -0.39 is 4.92 Å². The minimum Gasteiger partial charge on any atom is -0.492 e. The van der Waals surface area contributed by atoms with Crippen molar-refractivity contribution in [1.82, 2.24) is 5.32 Å². The minimum atomic E-state index is -0.434. The second-order valence-electron chi connectivity index (χ2n) is 4.29. The summed E-state index contributed by atoms with van der Waals surface area (Å²) in [6.07, 6.45) is 1.64. The number of non-ortho nitro benzene ring substituents is 1. The summed E-state index contributed by atoms with van der Waals surface area (Å²) in [5.41, 5.74) is 0.0573. The molecule has 0 aliphatic rings. The van der Waals surface area contributed by atoms with Gasteiger partial charge in [0.15, 0.2) is 0 Å². The highest BCUT2D eigenvalue weighted by molar-refractivity contribution is 5.35. The van der Waals surface area contributed by atoms with Crippen LogP contribution in [0.3, 0.4) is 0 Å². The number of nitro groups is 1. The number of rotatable bonds is 7. The maximum atomic E-state index is 10.5. The predicted molar refractivity (Wildman–Crippen MR) is 73.7 cm³/mol. The molecule has 0 bridgehead atoms. The second-order valence-corrected chi connectivity index (χ2v) is 4.29. The van der Waals surface area contributed by atoms with E-state index in [1.54, 1.807) is 18.4 Å². The fourth-order valence-electron chi connectivity index (χ4n) is 1.75. The summed E-state index contributed by atoms with van der Waals surface area (Å²) < 4.78 is 10.8. The van der Waals surface area contributed by atoms with Crippen molar-refractivity contribution in [3.63, 3.8) is 0 Å². The van der Waals surface area contributed by atoms with Gasteiger partial charge < -0.3 is 14.5 Å². The molecule has 1 unspecified atom stereocenters. The Morgan fingerprint density at radius 1 is 1.35 bits per heavy atom. The zero-order valence-corrected chi connectivity index (χ0v) is 11.1. The third-order valence-electron chi connectivity index (χ3n) is 2.84. The highest BCUT2D eigenvalue weighted by Gasteiger charge is 2.07. The lowest BCUT2D eigenvalue weighted by atomic mass is 10.2. The average molecular weight is 276 g/mol. The van der Waals surface area contributed by atoms with Crippen LogP contribution in [-0.4, -0.2) is 18.1 Å². The molecule has 1 heterocycles. The van der Waals surface area contributed by atoms with E-state index in [-0.39, 0.29) is 11.7 Å². The van der Waals surface area contributed by atoms with Gasteiger partial charge in [-0.25, -0.2) is 0 Å². The molecular weight excluding hydrogens is 260 g/mol. The Morgan fingerprint density at radius 3 is 2.70 bits per heavy atom. The number of hydrogen-bond donors (Lipinski definition) is 1. The fraction of sp³-hybridized carbons (Fsp3) is 0.286. The van der Waals surface area contributed by atoms with Gasteiger partial charge in [0.25, 0.3) is 5.69 Å². The fourth-order valence-corrected chi connectivity index (χ4v) is 1.75. The highest BCUT2D eigenvalue weighted by Crippen LogP contribution is 2.17. The normalized spacial score (nSPS) is 12.1. The molecule has 0 spiro atoms. The van der Waals surface area contributed by atoms with Crippen molar-refractivity contribution < 1.29 is 14.1 Å². The molecule has 0 saturated carbocycles. The molecule has 0 radical (unpaired) electrons. The van der Waals surface area contributed by atoms with Crippen LogP contribution in [0.5, 0.6) is 5.75 Å². The lowest BCUT2D eigenvalue weighted by Crippen LogP contribution is -2.24. The van der Waals surface area contributed by atoms with Crippen molar-refractivity contribution in [3.8, 4) is 5.75 Å². The zero-order chi connectivity index (χ0) is 14.4. The molecule has 0 aliphatic carbocycles. The molecule has 0 amide bonds. The number of furan rings is 1. The first-order valence-corrected chi connectivity index (χ1v) is 6.31. The van der Waals surface area contributed by atoms with Gasteiger partial charge in [0.05, 0.1) is 17.2 Å². The Balaban J connectivity index is 1.72. The third-order valence-corrected chi connectivity index (χ3v) is 2.84. The van der Waals surface area contributed by atoms with Crippen molar-refractivity contribution >= 4 is 5.69 Å². The molecule has 1 atom stereocenters. The molecule has 2 aromatic rings. The van der Waals surface area contributed by atoms with E-state index in [4.69, 9.17) is 9.15 Å². The topological polar surface area (TPSA) is 77.5 Å². The van der Waals surface area contributed by atoms with E-state index in [1.807, 2.05) is 19.1 Å². The standard InChI is InChI=1S/C14H16N2O4/c1-11(14-3-2-9-20-14)15-8-10-19-13-6-4-12(5-7-13)16(17)18/h2-7,9,11,15H,8,10H2,1H3. The largest absolute Gasteiger partial charge is 0.492 e. The Labute approximate surface area is 116 Å². The smallest absolute Gasteiger partial charge is 0.269 e. The molecule has 2 rings (SSSR count). The van der Waals surface area contributed by atoms with Gasteiger partial charge in [-0.15, -0.1) is 0 Å². The van der Waals surface area contributed by atoms with Crippen molar-refractivity contribution in [2.75, 3.05) is 13.2 Å². The summed E-state index contributed by atoms with van der Waals surface area (Å²) in [6.45, 7) is 3.13. The van der Waals surface area contributed by atoms with Crippen molar-refractivity contribution in [2.24, 2.45) is 0 Å². The number of nitrogens with one attached hydrogen (secondary N) is 1. The Kier molecular flexibility index (Phi) is 4.73. The molecule has 6 heteroatoms. The summed E-state index contributed by atoms with van der Waals surface area (Å²) in [4.78, 5) is 10.1. The van der Waals surface area contributed by atoms with Crippen LogP contribution < -0.4 is 10.1 Å². The van der Waals surface area contributed by atoms with Crippen LogP contribution in [0, 0.1) is 10.1 Å². The maximum Gasteiger partial charge on any atom is 0.269 e. The second kappa shape index (κ2) is 6.72. The third kappa shape index (κ3) is 3.83. The van der Waals surface area contributed by atoms with Gasteiger partial charge in [-0.1, -0.05) is 0 Å². The predicted octanol–water partition coefficient (Wildman–Crippen LogP) is 2.92. The molecule has 20 heavy (non-hydrogen) atoms. The summed E-state index contributed by atoms with van der Waals surface area (Å²) >= 11 is 0. The van der Waals surface area contributed by atoms with Crippen LogP contribution in [0.25, 0.3) is 0 Å². The van der Waals surface area contributed by atoms with Crippen LogP contribution in [-0.2, 0) is 0 Å². The van der Waals surface area contributed by atoms with Crippen LogP contribution in [0.2, 0.25) is 0 Å². The first kappa shape index (κ1) is 14.1. The van der Waals surface area contributed by atoms with E-state index in [9.17, 15) is 10.1 Å². The average Bonchev–Trinajstić information content (AvgIpc) is 2.98. The van der Waals surface area contributed by atoms with Gasteiger partial charge in [-0.3, -0.25) is 10.1 Å². The summed E-state index contributed by atoms with van der Waals surface area (Å²) in [6, 6.07) is 9.91. The monoisotopic (exact) mass is 276 g/mol. The number of nitrogens with zero attached hydrogens (tertiary/aromatic N) is 1. The molecule has 1 aromatic heterocycles. The quantitative estimate of drug-likeness (QED) is 0.478. The molecule has 1 N–H and O–H groups in total. The maximum absolute atomic E-state index is 10.5. The van der Waals surface area contributed by atoms with E-state index in [1.165, 1.54) is 12.1 Å². The Hall–Kier alpha value is -2.34. The van der Waals surface area contributed by atoms with Crippen LogP contribution in [0.15, 0.2) is 47.1 Å². The van der Waals surface area contributed by atoms with Gasteiger partial charge in [-0.05, 0) is 31.2 Å². The van der Waals surface area contributed by atoms with E-state index in [0.717, 1.165) is 5.76 Å². The van der Waals surface area contributed by atoms with E-state index >= 15 is 0 Å². The number of nitro benzene ring substituents is 1. The first-order valence-electron chi connectivity index (χ1n) is 6.31. The summed E-state index contributed by atoms with van der Waals surface area (Å²) in [7, 11) is 0. The number of ether oxygens (including phenoxy) is 1. The van der Waals surface area contributed by atoms with Crippen molar-refractivity contribution in [3.05, 3.63) is 58.5 Å². The highest BCUT2D eigenvalue weighted by atomic mass is 16.6. The van der Waals surface area contributed by atoms with Crippen molar-refractivity contribution in [1.29, 1.82) is 0 Å². The van der Waals surface area contributed by atoms with Gasteiger partial charge in [0.1, 0.15) is 18.1 Å². The first-order chi connectivity index (χ1) is 9.66. The van der Waals surface area contributed by atoms with Gasteiger partial charge >= 0.3 is 0 Å². The van der Waals surface area contributed by atoms with Gasteiger partial charge in [0.2, 0.25) is 0 Å². The molecule has 0 aliphatic heterocycles. The molecule has 1 aromatic carbocycles. The molecule has 106 valence electrons. The van der Waals surface area contributed by atoms with E-state index in [2.05, 4.69) is 5.32 Å². The Bertz CT molecular complexity index is 537. The van der Waals surface area contributed by atoms with Crippen molar-refractivity contribution in [2.45, 2.75) is 13.0 Å². The summed E-state index contributed by atoms with van der Waals surface area (Å²) in [5.74, 6) is 1.49. The molecule has 0 fully saturated rings. The van der Waals surface area contributed by atoms with Crippen LogP contribution >= 0.6 is 0 Å². The van der Waals surface area contributed by atoms with Gasteiger partial charge in [-0.2, -0.15) is 0 Å². The van der Waals surface area contributed by atoms with E-state index in [0.29, 0.717) is 18.9 Å². The SMILES string of the molecule is CC(NCCOc1ccc([N+](=O)[O-])cc1)c1ccco1. The van der Waals surface area contributed by atoms with Gasteiger partial charge in [0, 0.05) is 18.7 Å². The zero-order valence-electron chi connectivity index (χ0n) is 11.1. The minimum absolute atomic E-state index is 0.0573. The molecular formula is C14H16N2O4. The Morgan fingerprint density at radius 2 is 2.10 bits per heavy atom. The lowest BCUT2D eigenvalue weighted by molar-refractivity contribution is -0.384. The number of hydrogen-bond acceptors (Lipinski definition) is 5. The number of benzene rings is 1. The van der Waals surface area contributed by atoms with Crippen LogP contribution in [0.4, 0.5) is 5.69 Å². The molecule has 6 nitrogen and oxygen atoms in total.